The molecule has 0 bridgehead atoms. The fourth-order valence-corrected chi connectivity index (χ4v) is 3.73. The van der Waals surface area contributed by atoms with E-state index in [-0.39, 0.29) is 12.7 Å². The molecule has 5 aromatic rings. The van der Waals surface area contributed by atoms with Gasteiger partial charge in [-0.15, -0.1) is 0 Å². The lowest BCUT2D eigenvalue weighted by Gasteiger charge is -2.07. The van der Waals surface area contributed by atoms with E-state index in [1.165, 1.54) is 0 Å². The van der Waals surface area contributed by atoms with Gasteiger partial charge >= 0.3 is 0 Å². The zero-order valence-corrected chi connectivity index (χ0v) is 15.8. The fraction of sp³-hybridized carbons (Fsp3) is 0.0870. The largest absolute Gasteiger partial charge is 0.454 e. The molecule has 0 saturated carbocycles. The van der Waals surface area contributed by atoms with Crippen molar-refractivity contribution < 1.29 is 14.3 Å². The van der Waals surface area contributed by atoms with Crippen molar-refractivity contribution >= 4 is 39.0 Å². The van der Waals surface area contributed by atoms with Crippen LogP contribution in [0, 0.1) is 0 Å². The average Bonchev–Trinajstić information content (AvgIpc) is 3.39. The minimum absolute atomic E-state index is 0.171. The number of ether oxygens (including phenoxy) is 2. The quantitative estimate of drug-likeness (QED) is 0.482. The summed E-state index contributed by atoms with van der Waals surface area (Å²) in [6.07, 6.45) is 0. The number of H-pyrrole nitrogens is 1. The third kappa shape index (κ3) is 2.71. The van der Waals surface area contributed by atoms with Crippen molar-refractivity contribution in [2.24, 2.45) is 0 Å². The molecule has 1 aliphatic heterocycles. The van der Waals surface area contributed by atoms with E-state index in [0.717, 1.165) is 38.9 Å². The molecule has 0 fully saturated rings. The Morgan fingerprint density at radius 2 is 1.87 bits per heavy atom. The average molecular weight is 396 g/mol. The van der Waals surface area contributed by atoms with E-state index >= 15 is 0 Å². The van der Waals surface area contributed by atoms with Gasteiger partial charge in [0, 0.05) is 23.0 Å². The number of hydrogen-bond donors (Lipinski definition) is 2. The molecular formula is C23H16N4O3. The Balaban J connectivity index is 1.29. The predicted octanol–water partition coefficient (Wildman–Crippen LogP) is 3.92. The van der Waals surface area contributed by atoms with Gasteiger partial charge in [0.25, 0.3) is 5.91 Å². The molecule has 3 aromatic carbocycles. The summed E-state index contributed by atoms with van der Waals surface area (Å²) in [6, 6.07) is 19.0. The van der Waals surface area contributed by atoms with Crippen LogP contribution in [0.4, 0.5) is 0 Å². The van der Waals surface area contributed by atoms with Crippen LogP contribution < -0.4 is 14.8 Å². The molecule has 2 N–H and O–H groups in total. The summed E-state index contributed by atoms with van der Waals surface area (Å²) in [5, 5.41) is 3.96. The molecule has 7 nitrogen and oxygen atoms in total. The van der Waals surface area contributed by atoms with Crippen molar-refractivity contribution in [2.75, 3.05) is 6.79 Å². The van der Waals surface area contributed by atoms with E-state index in [0.29, 0.717) is 23.4 Å². The van der Waals surface area contributed by atoms with Crippen LogP contribution in [0.2, 0.25) is 0 Å². The van der Waals surface area contributed by atoms with Gasteiger partial charge in [0.2, 0.25) is 6.79 Å². The van der Waals surface area contributed by atoms with E-state index in [2.05, 4.69) is 15.3 Å². The van der Waals surface area contributed by atoms with Crippen LogP contribution in [-0.4, -0.2) is 27.7 Å². The SMILES string of the molecule is O=C(NCc1ccc2c(c1)OCO2)c1ccc2nc3[nH]c4ccccc4c3nc2c1. The molecule has 146 valence electrons. The Labute approximate surface area is 170 Å². The molecule has 3 heterocycles. The van der Waals surface area contributed by atoms with Crippen molar-refractivity contribution in [1.82, 2.24) is 20.3 Å². The van der Waals surface area contributed by atoms with Crippen LogP contribution >= 0.6 is 0 Å². The lowest BCUT2D eigenvalue weighted by atomic mass is 10.1. The first-order chi connectivity index (χ1) is 14.7. The Kier molecular flexibility index (Phi) is 3.61. The van der Waals surface area contributed by atoms with Gasteiger partial charge in [0.1, 0.15) is 5.52 Å². The minimum Gasteiger partial charge on any atom is -0.454 e. The summed E-state index contributed by atoms with van der Waals surface area (Å²) in [5.74, 6) is 1.25. The number of para-hydroxylation sites is 1. The van der Waals surface area contributed by atoms with Crippen LogP contribution in [0.25, 0.3) is 33.1 Å². The van der Waals surface area contributed by atoms with Crippen molar-refractivity contribution in [1.29, 1.82) is 0 Å². The van der Waals surface area contributed by atoms with E-state index in [4.69, 9.17) is 14.5 Å². The van der Waals surface area contributed by atoms with Crippen LogP contribution in [-0.2, 0) is 6.54 Å². The minimum atomic E-state index is -0.171. The second-order valence-electron chi connectivity index (χ2n) is 7.17. The summed E-state index contributed by atoms with van der Waals surface area (Å²) in [4.78, 5) is 25.4. The fourth-order valence-electron chi connectivity index (χ4n) is 3.73. The lowest BCUT2D eigenvalue weighted by Crippen LogP contribution is -2.22. The number of carbonyl (C=O) groups is 1. The summed E-state index contributed by atoms with van der Waals surface area (Å²) >= 11 is 0. The number of aromatic amines is 1. The van der Waals surface area contributed by atoms with Gasteiger partial charge in [-0.1, -0.05) is 24.3 Å². The molecule has 0 unspecified atom stereocenters. The highest BCUT2D eigenvalue weighted by atomic mass is 16.7. The standard InChI is InChI=1S/C23H16N4O3/c28-23(24-11-13-5-8-19-20(9-13)30-12-29-19)14-6-7-17-18(10-14)25-21-15-3-1-2-4-16(15)26-22(21)27-17/h1-10H,11-12H2,(H,24,28)(H,26,27). The van der Waals surface area contributed by atoms with Crippen LogP contribution in [0.15, 0.2) is 60.7 Å². The van der Waals surface area contributed by atoms with Crippen LogP contribution in [0.3, 0.4) is 0 Å². The lowest BCUT2D eigenvalue weighted by molar-refractivity contribution is 0.0951. The number of aromatic nitrogens is 3. The van der Waals surface area contributed by atoms with Gasteiger partial charge in [0.15, 0.2) is 17.1 Å². The maximum Gasteiger partial charge on any atom is 0.251 e. The molecule has 30 heavy (non-hydrogen) atoms. The van der Waals surface area contributed by atoms with Gasteiger partial charge in [-0.25, -0.2) is 9.97 Å². The number of hydrogen-bond acceptors (Lipinski definition) is 5. The predicted molar refractivity (Wildman–Crippen MR) is 113 cm³/mol. The molecule has 0 aliphatic carbocycles. The van der Waals surface area contributed by atoms with Gasteiger partial charge in [-0.05, 0) is 42.0 Å². The number of nitrogens with zero attached hydrogens (tertiary/aromatic N) is 2. The zero-order chi connectivity index (χ0) is 20.1. The summed E-state index contributed by atoms with van der Waals surface area (Å²) in [5.41, 5.74) is 5.43. The second-order valence-corrected chi connectivity index (χ2v) is 7.17. The molecule has 0 radical (unpaired) electrons. The van der Waals surface area contributed by atoms with E-state index in [1.807, 2.05) is 48.5 Å². The summed E-state index contributed by atoms with van der Waals surface area (Å²) in [6.45, 7) is 0.619. The van der Waals surface area contributed by atoms with Crippen LogP contribution in [0.5, 0.6) is 11.5 Å². The number of nitrogens with one attached hydrogen (secondary N) is 2. The monoisotopic (exact) mass is 396 g/mol. The molecule has 6 rings (SSSR count). The molecule has 1 aliphatic rings. The number of rotatable bonds is 3. The number of benzene rings is 3. The van der Waals surface area contributed by atoms with Gasteiger partial charge in [0.05, 0.1) is 11.0 Å². The number of fused-ring (bicyclic) bond motifs is 5. The van der Waals surface area contributed by atoms with Gasteiger partial charge in [-0.2, -0.15) is 0 Å². The molecule has 2 aromatic heterocycles. The van der Waals surface area contributed by atoms with E-state index in [1.54, 1.807) is 12.1 Å². The molecule has 0 spiro atoms. The normalized spacial score (nSPS) is 12.7. The molecule has 7 heteroatoms. The molecule has 1 amide bonds. The summed E-state index contributed by atoms with van der Waals surface area (Å²) < 4.78 is 10.7. The first-order valence-electron chi connectivity index (χ1n) is 9.59. The zero-order valence-electron chi connectivity index (χ0n) is 15.8. The maximum absolute atomic E-state index is 12.7. The van der Waals surface area contributed by atoms with E-state index in [9.17, 15) is 4.79 Å². The summed E-state index contributed by atoms with van der Waals surface area (Å²) in [7, 11) is 0. The highest BCUT2D eigenvalue weighted by Gasteiger charge is 2.14. The molecule has 0 atom stereocenters. The van der Waals surface area contributed by atoms with Crippen molar-refractivity contribution in [3.63, 3.8) is 0 Å². The maximum atomic E-state index is 12.7. The third-order valence-electron chi connectivity index (χ3n) is 5.25. The van der Waals surface area contributed by atoms with Crippen LogP contribution in [0.1, 0.15) is 15.9 Å². The van der Waals surface area contributed by atoms with Gasteiger partial charge < -0.3 is 19.8 Å². The topological polar surface area (TPSA) is 89.1 Å². The van der Waals surface area contributed by atoms with Crippen molar-refractivity contribution in [3.8, 4) is 11.5 Å². The Bertz CT molecular complexity index is 1460. The molecular weight excluding hydrogens is 380 g/mol. The Hall–Kier alpha value is -4.13. The first-order valence-corrected chi connectivity index (χ1v) is 9.59. The van der Waals surface area contributed by atoms with Crippen molar-refractivity contribution in [2.45, 2.75) is 6.54 Å². The van der Waals surface area contributed by atoms with Gasteiger partial charge in [-0.3, -0.25) is 4.79 Å². The Morgan fingerprint density at radius 1 is 0.967 bits per heavy atom. The first kappa shape index (κ1) is 16.8. The number of amides is 1. The van der Waals surface area contributed by atoms with Crippen molar-refractivity contribution in [3.05, 3.63) is 71.8 Å². The molecule has 0 saturated heterocycles. The Morgan fingerprint density at radius 3 is 2.83 bits per heavy atom. The number of carbonyl (C=O) groups excluding carboxylic acids is 1. The second kappa shape index (κ2) is 6.45. The smallest absolute Gasteiger partial charge is 0.251 e. The highest BCUT2D eigenvalue weighted by molar-refractivity contribution is 6.06. The highest BCUT2D eigenvalue weighted by Crippen LogP contribution is 2.32. The van der Waals surface area contributed by atoms with E-state index < -0.39 is 0 Å². The third-order valence-corrected chi connectivity index (χ3v) is 5.25.